The average Bonchev–Trinajstić information content (AvgIpc) is 3.31. The Kier molecular flexibility index (Phi) is 3.92. The minimum Gasteiger partial charge on any atom is -0.463 e. The number of rotatable bonds is 2. The van der Waals surface area contributed by atoms with Gasteiger partial charge in [-0.25, -0.2) is 14.2 Å². The molecule has 1 amide bonds. The summed E-state index contributed by atoms with van der Waals surface area (Å²) in [6, 6.07) is 6.96. The van der Waals surface area contributed by atoms with Gasteiger partial charge in [-0.05, 0) is 12.1 Å². The van der Waals surface area contributed by atoms with Gasteiger partial charge in [0.1, 0.15) is 23.5 Å². The highest BCUT2D eigenvalue weighted by molar-refractivity contribution is 8.15. The molecule has 1 atom stereocenters. The van der Waals surface area contributed by atoms with Gasteiger partial charge in [0.25, 0.3) is 5.91 Å². The first-order valence-electron chi connectivity index (χ1n) is 7.20. The summed E-state index contributed by atoms with van der Waals surface area (Å²) in [6.45, 7) is 0.241. The van der Waals surface area contributed by atoms with Crippen molar-refractivity contribution in [3.05, 3.63) is 50.7 Å². The minimum absolute atomic E-state index is 0.135. The van der Waals surface area contributed by atoms with E-state index in [1.165, 1.54) is 11.7 Å². The van der Waals surface area contributed by atoms with Crippen LogP contribution in [0.3, 0.4) is 0 Å². The first-order chi connectivity index (χ1) is 12.6. The van der Waals surface area contributed by atoms with Crippen molar-refractivity contribution in [3.8, 4) is 23.6 Å². The number of thioether (sulfide) groups is 1. The number of nitrogens with one attached hydrogen (secondary N) is 1. The highest BCUT2D eigenvalue weighted by Gasteiger charge is 2.33. The van der Waals surface area contributed by atoms with Crippen molar-refractivity contribution in [3.63, 3.8) is 0 Å². The Morgan fingerprint density at radius 1 is 1.23 bits per heavy atom. The third kappa shape index (κ3) is 2.52. The fraction of sp³-hybridized carbons (Fsp3) is 0.0625. The van der Waals surface area contributed by atoms with Crippen LogP contribution in [0.2, 0.25) is 0 Å². The Balaban J connectivity index is 1.91. The number of nitrogens with zero attached hydrogens (tertiary/aromatic N) is 4. The number of aromatic nitrogens is 2. The number of carbonyl (C=O) groups is 1. The normalized spacial score (nSPS) is 18.6. The van der Waals surface area contributed by atoms with E-state index in [9.17, 15) is 19.5 Å². The molecule has 4 heterocycles. The number of hydrogen-bond acceptors (Lipinski definition) is 8. The summed E-state index contributed by atoms with van der Waals surface area (Å²) in [6.07, 6.45) is 1.44. The lowest BCUT2D eigenvalue weighted by molar-refractivity contribution is -0.116. The molecule has 0 radical (unpaired) electrons. The first-order valence-corrected chi connectivity index (χ1v) is 9.23. The van der Waals surface area contributed by atoms with Gasteiger partial charge in [-0.2, -0.15) is 10.5 Å². The Labute approximate surface area is 153 Å². The molecule has 8 nitrogen and oxygen atoms in total. The van der Waals surface area contributed by atoms with E-state index < -0.39 is 10.8 Å². The molecular formula is C16H7N5O3S2. The van der Waals surface area contributed by atoms with Crippen molar-refractivity contribution in [1.29, 1.82) is 10.5 Å². The van der Waals surface area contributed by atoms with Crippen LogP contribution < -0.4 is 5.32 Å². The molecule has 26 heavy (non-hydrogen) atoms. The number of nitriles is 2. The van der Waals surface area contributed by atoms with Crippen molar-refractivity contribution >= 4 is 33.4 Å². The largest absolute Gasteiger partial charge is 0.463 e. The average molecular weight is 381 g/mol. The molecular weight excluding hydrogens is 374 g/mol. The van der Waals surface area contributed by atoms with Gasteiger partial charge < -0.3 is 9.73 Å². The topological polar surface area (TPSA) is 133 Å². The van der Waals surface area contributed by atoms with Gasteiger partial charge in [0, 0.05) is 10.3 Å². The maximum absolute atomic E-state index is 12.5. The lowest BCUT2D eigenvalue weighted by atomic mass is 10.2. The smallest absolute Gasteiger partial charge is 0.259 e. The van der Waals surface area contributed by atoms with Crippen molar-refractivity contribution in [2.45, 2.75) is 0 Å². The van der Waals surface area contributed by atoms with Crippen molar-refractivity contribution in [2.24, 2.45) is 0 Å². The quantitative estimate of drug-likeness (QED) is 0.829. The van der Waals surface area contributed by atoms with E-state index in [-0.39, 0.29) is 35.2 Å². The van der Waals surface area contributed by atoms with Gasteiger partial charge in [0.15, 0.2) is 17.1 Å². The van der Waals surface area contributed by atoms with Crippen molar-refractivity contribution < 1.29 is 13.4 Å². The van der Waals surface area contributed by atoms with Crippen LogP contribution in [0.25, 0.3) is 16.4 Å². The third-order valence-electron chi connectivity index (χ3n) is 3.63. The Morgan fingerprint density at radius 3 is 2.62 bits per heavy atom. The predicted octanol–water partition coefficient (Wildman–Crippen LogP) is 1.62. The van der Waals surface area contributed by atoms with Gasteiger partial charge in [0.2, 0.25) is 0 Å². The van der Waals surface area contributed by atoms with Crippen LogP contribution >= 0.6 is 11.8 Å². The molecule has 0 saturated carbocycles. The zero-order valence-electron chi connectivity index (χ0n) is 12.8. The van der Waals surface area contributed by atoms with Crippen LogP contribution in [0, 0.1) is 22.7 Å². The summed E-state index contributed by atoms with van der Waals surface area (Å²) in [4.78, 5) is 21.7. The minimum atomic E-state index is -1.50. The van der Waals surface area contributed by atoms with E-state index in [0.717, 1.165) is 11.8 Å². The molecule has 4 rings (SSSR count). The number of amides is 1. The fourth-order valence-corrected chi connectivity index (χ4v) is 5.04. The van der Waals surface area contributed by atoms with Crippen molar-refractivity contribution in [2.75, 3.05) is 6.54 Å². The predicted molar refractivity (Wildman–Crippen MR) is 92.9 cm³/mol. The zero-order valence-corrected chi connectivity index (χ0v) is 14.5. The molecule has 2 aromatic rings. The molecule has 126 valence electrons. The lowest BCUT2D eigenvalue weighted by Gasteiger charge is -2.15. The molecule has 1 unspecified atom stereocenters. The summed E-state index contributed by atoms with van der Waals surface area (Å²) >= 11 is 1.11. The molecule has 0 aliphatic carbocycles. The molecule has 0 spiro atoms. The monoisotopic (exact) mass is 381 g/mol. The Bertz CT molecular complexity index is 1120. The van der Waals surface area contributed by atoms with Crippen LogP contribution in [0.5, 0.6) is 0 Å². The van der Waals surface area contributed by atoms with E-state index in [4.69, 9.17) is 4.42 Å². The Morgan fingerprint density at radius 2 is 1.96 bits per heavy atom. The van der Waals surface area contributed by atoms with Crippen molar-refractivity contribution in [1.82, 2.24) is 15.3 Å². The van der Waals surface area contributed by atoms with Crippen LogP contribution in [-0.4, -0.2) is 26.6 Å². The van der Waals surface area contributed by atoms with Crippen LogP contribution in [0.15, 0.2) is 38.0 Å². The maximum Gasteiger partial charge on any atom is 0.259 e. The third-order valence-corrected chi connectivity index (χ3v) is 6.36. The molecule has 0 fully saturated rings. The summed E-state index contributed by atoms with van der Waals surface area (Å²) in [5.74, 6) is 0.0435. The van der Waals surface area contributed by atoms with E-state index in [1.807, 2.05) is 12.1 Å². The van der Waals surface area contributed by atoms with Gasteiger partial charge >= 0.3 is 0 Å². The number of carbonyl (C=O) groups excluding carboxylic acids is 1. The number of hydrogen-bond donors (Lipinski definition) is 1. The second-order valence-corrected chi connectivity index (χ2v) is 7.51. The summed E-state index contributed by atoms with van der Waals surface area (Å²) < 4.78 is 17.8. The summed E-state index contributed by atoms with van der Waals surface area (Å²) in [7, 11) is -1.50. The summed E-state index contributed by atoms with van der Waals surface area (Å²) in [5, 5.41) is 22.6. The highest BCUT2D eigenvalue weighted by atomic mass is 32.2. The van der Waals surface area contributed by atoms with E-state index in [0.29, 0.717) is 20.5 Å². The number of furan rings is 1. The van der Waals surface area contributed by atoms with Gasteiger partial charge in [-0.15, -0.1) is 0 Å². The molecule has 0 aromatic carbocycles. The fourth-order valence-electron chi connectivity index (χ4n) is 2.47. The second-order valence-electron chi connectivity index (χ2n) is 5.14. The van der Waals surface area contributed by atoms with Crippen LogP contribution in [0.4, 0.5) is 0 Å². The molecule has 1 N–H and O–H groups in total. The molecule has 2 aliphatic rings. The Hall–Kier alpha value is -3.21. The zero-order chi connectivity index (χ0) is 18.3. The van der Waals surface area contributed by atoms with Gasteiger partial charge in [0.05, 0.1) is 33.4 Å². The maximum atomic E-state index is 12.5. The molecule has 10 heteroatoms. The highest BCUT2D eigenvalue weighted by Crippen LogP contribution is 2.44. The van der Waals surface area contributed by atoms with Gasteiger partial charge in [-0.3, -0.25) is 4.79 Å². The van der Waals surface area contributed by atoms with Gasteiger partial charge in [-0.1, -0.05) is 11.8 Å². The van der Waals surface area contributed by atoms with E-state index >= 15 is 0 Å². The van der Waals surface area contributed by atoms with E-state index in [2.05, 4.69) is 15.3 Å². The summed E-state index contributed by atoms with van der Waals surface area (Å²) in [5.41, 5.74) is 0.188. The first kappa shape index (κ1) is 16.3. The lowest BCUT2D eigenvalue weighted by Crippen LogP contribution is -2.16. The van der Waals surface area contributed by atoms with Crippen LogP contribution in [-0.2, 0) is 15.6 Å². The molecule has 0 bridgehead atoms. The second kappa shape index (κ2) is 6.26. The molecule has 2 aromatic heterocycles. The van der Waals surface area contributed by atoms with E-state index in [1.54, 1.807) is 12.1 Å². The molecule has 2 aliphatic heterocycles. The standard InChI is InChI=1S/C16H7N5O3S2/c17-4-8-9(5-18)21-14(13(20-8)10-2-1-3-24-10)11-7-26(23)12-6-19-16(22)15(12)25-11/h1-3,7H,6H2,(H,19,22). The van der Waals surface area contributed by atoms with Crippen LogP contribution in [0.1, 0.15) is 17.1 Å². The SMILES string of the molecule is N#Cc1nc(C2=CS(=O)C3=C(S2)C(=O)NC3)c(-c2ccco2)nc1C#N. The molecule has 0 saturated heterocycles.